The van der Waals surface area contributed by atoms with Gasteiger partial charge in [-0.3, -0.25) is 0 Å². The van der Waals surface area contributed by atoms with Crippen molar-refractivity contribution in [3.63, 3.8) is 0 Å². The SMILES string of the molecule is Cc1ccsc1C(F)(F)C1CC1. The Bertz CT molecular complexity index is 286. The number of hydrogen-bond donors (Lipinski definition) is 0. The molecule has 0 unspecified atom stereocenters. The number of halogens is 2. The van der Waals surface area contributed by atoms with Crippen LogP contribution in [0.3, 0.4) is 0 Å². The Morgan fingerprint density at radius 2 is 2.17 bits per heavy atom. The van der Waals surface area contributed by atoms with E-state index in [-0.39, 0.29) is 10.8 Å². The first-order valence-corrected chi connectivity index (χ1v) is 4.92. The molecule has 1 saturated carbocycles. The molecule has 0 amide bonds. The monoisotopic (exact) mass is 188 g/mol. The third-order valence-electron chi connectivity index (χ3n) is 2.25. The van der Waals surface area contributed by atoms with E-state index < -0.39 is 5.92 Å². The van der Waals surface area contributed by atoms with E-state index in [1.165, 1.54) is 11.3 Å². The van der Waals surface area contributed by atoms with Gasteiger partial charge in [0.1, 0.15) is 0 Å². The van der Waals surface area contributed by atoms with E-state index in [9.17, 15) is 8.78 Å². The Hall–Kier alpha value is -0.440. The average Bonchev–Trinajstić information content (AvgIpc) is 2.75. The number of aryl methyl sites for hydroxylation is 1. The first-order valence-electron chi connectivity index (χ1n) is 4.04. The summed E-state index contributed by atoms with van der Waals surface area (Å²) in [5.41, 5.74) is 0.733. The van der Waals surface area contributed by atoms with Crippen LogP contribution in [-0.4, -0.2) is 0 Å². The highest BCUT2D eigenvalue weighted by atomic mass is 32.1. The maximum absolute atomic E-state index is 13.4. The Labute approximate surface area is 74.2 Å². The van der Waals surface area contributed by atoms with Gasteiger partial charge in [0.05, 0.1) is 4.88 Å². The van der Waals surface area contributed by atoms with Gasteiger partial charge in [-0.1, -0.05) is 0 Å². The maximum atomic E-state index is 13.4. The second-order valence-corrected chi connectivity index (χ2v) is 4.25. The molecule has 0 nitrogen and oxygen atoms in total. The summed E-state index contributed by atoms with van der Waals surface area (Å²) in [6, 6.07) is 1.76. The molecule has 1 aromatic heterocycles. The summed E-state index contributed by atoms with van der Waals surface area (Å²) in [7, 11) is 0. The minimum atomic E-state index is -2.56. The quantitative estimate of drug-likeness (QED) is 0.665. The fourth-order valence-electron chi connectivity index (χ4n) is 1.35. The first kappa shape index (κ1) is 8.17. The lowest BCUT2D eigenvalue weighted by Gasteiger charge is -2.14. The van der Waals surface area contributed by atoms with Gasteiger partial charge in [-0.05, 0) is 36.8 Å². The predicted octanol–water partition coefficient (Wildman–Crippen LogP) is 3.56. The van der Waals surface area contributed by atoms with Crippen LogP contribution in [0.5, 0.6) is 0 Å². The lowest BCUT2D eigenvalue weighted by molar-refractivity contribution is -0.0252. The van der Waals surface area contributed by atoms with E-state index in [0.29, 0.717) is 12.8 Å². The van der Waals surface area contributed by atoms with Crippen LogP contribution in [0.1, 0.15) is 23.3 Å². The number of alkyl halides is 2. The fourth-order valence-corrected chi connectivity index (χ4v) is 2.33. The van der Waals surface area contributed by atoms with Crippen molar-refractivity contribution in [1.82, 2.24) is 0 Å². The van der Waals surface area contributed by atoms with E-state index in [1.807, 2.05) is 0 Å². The Morgan fingerprint density at radius 3 is 2.58 bits per heavy atom. The fraction of sp³-hybridized carbons (Fsp3) is 0.556. The van der Waals surface area contributed by atoms with Crippen molar-refractivity contribution in [1.29, 1.82) is 0 Å². The van der Waals surface area contributed by atoms with E-state index in [0.717, 1.165) is 5.56 Å². The molecule has 0 N–H and O–H groups in total. The van der Waals surface area contributed by atoms with Crippen LogP contribution in [0.25, 0.3) is 0 Å². The molecule has 1 aromatic rings. The van der Waals surface area contributed by atoms with Gasteiger partial charge >= 0.3 is 0 Å². The Kier molecular flexibility index (Phi) is 1.72. The average molecular weight is 188 g/mol. The van der Waals surface area contributed by atoms with Crippen molar-refractivity contribution in [3.8, 4) is 0 Å². The molecule has 1 aliphatic carbocycles. The molecule has 0 bridgehead atoms. The number of hydrogen-bond acceptors (Lipinski definition) is 1. The Morgan fingerprint density at radius 1 is 1.50 bits per heavy atom. The highest BCUT2D eigenvalue weighted by Gasteiger charge is 2.49. The first-order chi connectivity index (χ1) is 5.62. The molecule has 0 spiro atoms. The molecule has 0 radical (unpaired) electrons. The Balaban J connectivity index is 2.33. The van der Waals surface area contributed by atoms with Gasteiger partial charge in [0.25, 0.3) is 5.92 Å². The van der Waals surface area contributed by atoms with E-state index in [2.05, 4.69) is 0 Å². The molecule has 0 aliphatic heterocycles. The van der Waals surface area contributed by atoms with Crippen molar-refractivity contribution < 1.29 is 8.78 Å². The molecule has 66 valence electrons. The van der Waals surface area contributed by atoms with E-state index >= 15 is 0 Å². The standard InChI is InChI=1S/C9H10F2S/c1-6-4-5-12-8(6)9(10,11)7-2-3-7/h4-5,7H,2-3H2,1H3. The van der Waals surface area contributed by atoms with E-state index in [1.54, 1.807) is 18.4 Å². The number of thiophene rings is 1. The van der Waals surface area contributed by atoms with E-state index in [4.69, 9.17) is 0 Å². The molecule has 1 fully saturated rings. The molecule has 2 rings (SSSR count). The third kappa shape index (κ3) is 1.16. The summed E-state index contributed by atoms with van der Waals surface area (Å²) in [5.74, 6) is -2.94. The van der Waals surface area contributed by atoms with Crippen molar-refractivity contribution >= 4 is 11.3 Å². The lowest BCUT2D eigenvalue weighted by atomic mass is 10.1. The van der Waals surface area contributed by atoms with Crippen LogP contribution in [0.2, 0.25) is 0 Å². The van der Waals surface area contributed by atoms with Crippen molar-refractivity contribution in [2.45, 2.75) is 25.7 Å². The van der Waals surface area contributed by atoms with Crippen molar-refractivity contribution in [3.05, 3.63) is 21.9 Å². The third-order valence-corrected chi connectivity index (χ3v) is 3.36. The molecular weight excluding hydrogens is 178 g/mol. The smallest absolute Gasteiger partial charge is 0.200 e. The minimum Gasteiger partial charge on any atom is -0.200 e. The summed E-state index contributed by atoms with van der Waals surface area (Å²) in [6.45, 7) is 1.75. The highest BCUT2D eigenvalue weighted by Crippen LogP contribution is 2.51. The van der Waals surface area contributed by atoms with Crippen LogP contribution < -0.4 is 0 Å². The van der Waals surface area contributed by atoms with Crippen LogP contribution in [0.15, 0.2) is 11.4 Å². The molecule has 0 aromatic carbocycles. The second-order valence-electron chi connectivity index (χ2n) is 3.33. The highest BCUT2D eigenvalue weighted by molar-refractivity contribution is 7.10. The summed E-state index contributed by atoms with van der Waals surface area (Å²) in [5, 5.41) is 1.74. The zero-order valence-electron chi connectivity index (χ0n) is 6.81. The van der Waals surface area contributed by atoms with Gasteiger partial charge in [0, 0.05) is 5.92 Å². The predicted molar refractivity (Wildman–Crippen MR) is 45.7 cm³/mol. The van der Waals surface area contributed by atoms with Gasteiger partial charge in [-0.15, -0.1) is 11.3 Å². The summed E-state index contributed by atoms with van der Waals surface area (Å²) in [4.78, 5) is 0.269. The molecular formula is C9H10F2S. The topological polar surface area (TPSA) is 0 Å². The van der Waals surface area contributed by atoms with Gasteiger partial charge in [-0.25, -0.2) is 8.78 Å². The molecule has 0 atom stereocenters. The molecule has 3 heteroatoms. The largest absolute Gasteiger partial charge is 0.285 e. The van der Waals surface area contributed by atoms with Crippen LogP contribution >= 0.6 is 11.3 Å². The number of rotatable bonds is 2. The summed E-state index contributed by atoms with van der Waals surface area (Å²) >= 11 is 1.17. The second kappa shape index (κ2) is 2.52. The van der Waals surface area contributed by atoms with Gasteiger partial charge in [0.2, 0.25) is 0 Å². The van der Waals surface area contributed by atoms with Crippen LogP contribution in [0, 0.1) is 12.8 Å². The molecule has 1 aliphatic rings. The van der Waals surface area contributed by atoms with Crippen LogP contribution in [-0.2, 0) is 5.92 Å². The lowest BCUT2D eigenvalue weighted by Crippen LogP contribution is -2.15. The summed E-state index contributed by atoms with van der Waals surface area (Å²) < 4.78 is 26.9. The van der Waals surface area contributed by atoms with Gasteiger partial charge < -0.3 is 0 Å². The normalized spacial score (nSPS) is 18.2. The molecule has 1 heterocycles. The molecule has 0 saturated heterocycles. The zero-order chi connectivity index (χ0) is 8.77. The van der Waals surface area contributed by atoms with Crippen molar-refractivity contribution in [2.24, 2.45) is 5.92 Å². The summed E-state index contributed by atoms with van der Waals surface area (Å²) in [6.07, 6.45) is 1.37. The van der Waals surface area contributed by atoms with Crippen molar-refractivity contribution in [2.75, 3.05) is 0 Å². The zero-order valence-corrected chi connectivity index (χ0v) is 7.63. The van der Waals surface area contributed by atoms with Crippen LogP contribution in [0.4, 0.5) is 8.78 Å². The maximum Gasteiger partial charge on any atom is 0.285 e. The van der Waals surface area contributed by atoms with Gasteiger partial charge in [-0.2, -0.15) is 0 Å². The van der Waals surface area contributed by atoms with Gasteiger partial charge in [0.15, 0.2) is 0 Å². The molecule has 12 heavy (non-hydrogen) atoms. The minimum absolute atomic E-state index is 0.269.